The second-order valence-electron chi connectivity index (χ2n) is 5.44. The Balaban J connectivity index is 0. The molecule has 2 heterocycles. The van der Waals surface area contributed by atoms with Crippen LogP contribution in [-0.2, 0) is 4.79 Å². The third-order valence-electron chi connectivity index (χ3n) is 3.95. The molecule has 2 aliphatic heterocycles. The molecular weight excluding hydrogens is 335 g/mol. The van der Waals surface area contributed by atoms with Gasteiger partial charge in [0.1, 0.15) is 0 Å². The predicted octanol–water partition coefficient (Wildman–Crippen LogP) is 0.757. The number of halogens is 3. The summed E-state index contributed by atoms with van der Waals surface area (Å²) in [4.78, 5) is 16.7. The number of carbonyl (C=O) groups excluding carboxylic acids is 1. The highest BCUT2D eigenvalue weighted by atomic mass is 35.5. The van der Waals surface area contributed by atoms with Gasteiger partial charge in [-0.15, -0.1) is 37.2 Å². The predicted molar refractivity (Wildman–Crippen MR) is 94.3 cm³/mol. The number of likely N-dealkylation sites (N-methyl/N-ethyl adjacent to an activating group) is 1. The van der Waals surface area contributed by atoms with Crippen molar-refractivity contribution in [2.75, 3.05) is 52.9 Å². The summed E-state index contributed by atoms with van der Waals surface area (Å²) in [5.74, 6) is 0.184. The van der Waals surface area contributed by atoms with Crippen molar-refractivity contribution in [3.63, 3.8) is 0 Å². The molecule has 0 aliphatic carbocycles. The first-order chi connectivity index (χ1) is 8.75. The molecule has 0 unspecified atom stereocenters. The Bertz CT molecular complexity index is 270. The van der Waals surface area contributed by atoms with Gasteiger partial charge in [0.15, 0.2) is 0 Å². The number of nitrogens with one attached hydrogen (secondary N) is 2. The van der Waals surface area contributed by atoms with Crippen molar-refractivity contribution in [2.45, 2.75) is 25.3 Å². The summed E-state index contributed by atoms with van der Waals surface area (Å²) < 4.78 is 0. The van der Waals surface area contributed by atoms with E-state index in [2.05, 4.69) is 27.5 Å². The van der Waals surface area contributed by atoms with Crippen LogP contribution in [0.15, 0.2) is 0 Å². The fourth-order valence-electron chi connectivity index (χ4n) is 2.61. The Morgan fingerprint density at radius 2 is 1.81 bits per heavy atom. The molecule has 8 heteroatoms. The molecule has 5 nitrogen and oxygen atoms in total. The van der Waals surface area contributed by atoms with Gasteiger partial charge in [0.05, 0.1) is 6.04 Å². The third-order valence-corrected chi connectivity index (χ3v) is 3.95. The van der Waals surface area contributed by atoms with E-state index in [1.165, 1.54) is 12.8 Å². The van der Waals surface area contributed by atoms with E-state index < -0.39 is 0 Å². The molecule has 0 spiro atoms. The van der Waals surface area contributed by atoms with Crippen LogP contribution < -0.4 is 10.6 Å². The average molecular weight is 364 g/mol. The summed E-state index contributed by atoms with van der Waals surface area (Å²) in [6.07, 6.45) is 3.36. The third kappa shape index (κ3) is 8.43. The van der Waals surface area contributed by atoms with Crippen LogP contribution in [0.4, 0.5) is 0 Å². The topological polar surface area (TPSA) is 47.6 Å². The van der Waals surface area contributed by atoms with Gasteiger partial charge >= 0.3 is 0 Å². The quantitative estimate of drug-likeness (QED) is 0.774. The Kier molecular flexibility index (Phi) is 14.2. The van der Waals surface area contributed by atoms with Gasteiger partial charge in [0.2, 0.25) is 5.91 Å². The van der Waals surface area contributed by atoms with Gasteiger partial charge in [-0.05, 0) is 26.4 Å². The molecule has 0 aromatic rings. The van der Waals surface area contributed by atoms with Gasteiger partial charge in [0.25, 0.3) is 0 Å². The summed E-state index contributed by atoms with van der Waals surface area (Å²) in [5.41, 5.74) is 0. The van der Waals surface area contributed by atoms with E-state index in [9.17, 15) is 4.79 Å². The summed E-state index contributed by atoms with van der Waals surface area (Å²) in [6.45, 7) is 7.25. The van der Waals surface area contributed by atoms with Crippen molar-refractivity contribution < 1.29 is 4.79 Å². The number of piperidine rings is 1. The van der Waals surface area contributed by atoms with Crippen LogP contribution in [0.25, 0.3) is 0 Å². The van der Waals surface area contributed by atoms with E-state index in [1.807, 2.05) is 0 Å². The van der Waals surface area contributed by atoms with Crippen molar-refractivity contribution in [2.24, 2.45) is 0 Å². The van der Waals surface area contributed by atoms with E-state index in [-0.39, 0.29) is 49.2 Å². The molecule has 2 saturated heterocycles. The Hall–Kier alpha value is 0.220. The minimum atomic E-state index is 0. The molecule has 0 aromatic heterocycles. The molecular formula is C13H29Cl3N4O. The average Bonchev–Trinajstić information content (AvgIpc) is 2.42. The number of hydrogen-bond acceptors (Lipinski definition) is 4. The monoisotopic (exact) mass is 362 g/mol. The molecule has 2 fully saturated rings. The van der Waals surface area contributed by atoms with Crippen LogP contribution in [0, 0.1) is 0 Å². The lowest BCUT2D eigenvalue weighted by atomic mass is 10.0. The highest BCUT2D eigenvalue weighted by Gasteiger charge is 2.20. The zero-order chi connectivity index (χ0) is 12.8. The van der Waals surface area contributed by atoms with Crippen LogP contribution in [0.1, 0.15) is 19.3 Å². The largest absolute Gasteiger partial charge is 0.353 e. The van der Waals surface area contributed by atoms with Crippen molar-refractivity contribution in [3.8, 4) is 0 Å². The van der Waals surface area contributed by atoms with Crippen molar-refractivity contribution in [3.05, 3.63) is 0 Å². The van der Waals surface area contributed by atoms with E-state index in [1.54, 1.807) is 0 Å². The van der Waals surface area contributed by atoms with Gasteiger partial charge in [-0.25, -0.2) is 0 Å². The Labute approximate surface area is 146 Å². The van der Waals surface area contributed by atoms with E-state index >= 15 is 0 Å². The molecule has 0 radical (unpaired) electrons. The zero-order valence-corrected chi connectivity index (χ0v) is 15.1. The number of carbonyl (C=O) groups is 1. The smallest absolute Gasteiger partial charge is 0.237 e. The minimum Gasteiger partial charge on any atom is -0.353 e. The first kappa shape index (κ1) is 23.5. The molecule has 0 bridgehead atoms. The van der Waals surface area contributed by atoms with Crippen LogP contribution in [-0.4, -0.2) is 74.6 Å². The van der Waals surface area contributed by atoms with Gasteiger partial charge < -0.3 is 15.5 Å². The number of hydrogen-bond donors (Lipinski definition) is 2. The van der Waals surface area contributed by atoms with Crippen molar-refractivity contribution >= 4 is 43.1 Å². The van der Waals surface area contributed by atoms with Crippen LogP contribution in [0.3, 0.4) is 0 Å². The number of piperazine rings is 1. The second kappa shape index (κ2) is 12.7. The van der Waals surface area contributed by atoms with Crippen LogP contribution >= 0.6 is 37.2 Å². The maximum absolute atomic E-state index is 11.9. The fourth-order valence-corrected chi connectivity index (χ4v) is 2.61. The number of rotatable bonds is 4. The number of nitrogens with zero attached hydrogens (tertiary/aromatic N) is 2. The van der Waals surface area contributed by atoms with Gasteiger partial charge in [-0.2, -0.15) is 0 Å². The molecule has 2 N–H and O–H groups in total. The summed E-state index contributed by atoms with van der Waals surface area (Å²) in [7, 11) is 2.16. The maximum Gasteiger partial charge on any atom is 0.237 e. The Morgan fingerprint density at radius 1 is 1.14 bits per heavy atom. The van der Waals surface area contributed by atoms with Crippen molar-refractivity contribution in [1.82, 2.24) is 20.4 Å². The Morgan fingerprint density at radius 3 is 2.38 bits per heavy atom. The molecule has 21 heavy (non-hydrogen) atoms. The highest BCUT2D eigenvalue weighted by Crippen LogP contribution is 2.06. The summed E-state index contributed by atoms with van der Waals surface area (Å²) >= 11 is 0. The molecule has 1 atom stereocenters. The highest BCUT2D eigenvalue weighted by molar-refractivity contribution is 5.86. The van der Waals surface area contributed by atoms with Crippen molar-refractivity contribution in [1.29, 1.82) is 0 Å². The van der Waals surface area contributed by atoms with E-state index in [4.69, 9.17) is 0 Å². The molecule has 128 valence electrons. The summed E-state index contributed by atoms with van der Waals surface area (Å²) in [6, 6.07) is 0.0474. The van der Waals surface area contributed by atoms with E-state index in [0.29, 0.717) is 0 Å². The first-order valence-electron chi connectivity index (χ1n) is 7.18. The SMILES string of the molecule is CN1CCN(CCNC(=O)[C@@H]2CCCCN2)CC1.Cl.Cl.Cl. The van der Waals surface area contributed by atoms with E-state index in [0.717, 1.165) is 52.2 Å². The maximum atomic E-state index is 11.9. The van der Waals surface area contributed by atoms with Crippen LogP contribution in [0.2, 0.25) is 0 Å². The standard InChI is InChI=1S/C13H26N4O.3ClH/c1-16-8-10-17(11-9-16)7-6-15-13(18)12-4-2-3-5-14-12;;;/h12,14H,2-11H2,1H3,(H,15,18);3*1H/t12-;;;/m0.../s1. The normalized spacial score (nSPS) is 23.2. The van der Waals surface area contributed by atoms with Gasteiger partial charge in [-0.1, -0.05) is 6.42 Å². The molecule has 2 aliphatic rings. The number of amides is 1. The lowest BCUT2D eigenvalue weighted by Gasteiger charge is -2.32. The summed E-state index contributed by atoms with van der Waals surface area (Å²) in [5, 5.41) is 6.33. The molecule has 0 saturated carbocycles. The zero-order valence-electron chi connectivity index (χ0n) is 12.7. The minimum absolute atomic E-state index is 0. The van der Waals surface area contributed by atoms with Crippen LogP contribution in [0.5, 0.6) is 0 Å². The molecule has 1 amide bonds. The first-order valence-corrected chi connectivity index (χ1v) is 7.18. The lowest BCUT2D eigenvalue weighted by Crippen LogP contribution is -2.50. The molecule has 0 aromatic carbocycles. The van der Waals surface area contributed by atoms with Gasteiger partial charge in [0, 0.05) is 39.3 Å². The second-order valence-corrected chi connectivity index (χ2v) is 5.44. The fraction of sp³-hybridized carbons (Fsp3) is 0.923. The van der Waals surface area contributed by atoms with Gasteiger partial charge in [-0.3, -0.25) is 9.69 Å². The lowest BCUT2D eigenvalue weighted by molar-refractivity contribution is -0.123. The molecule has 2 rings (SSSR count).